The molecule has 6 N–H and O–H groups in total. The fourth-order valence-electron chi connectivity index (χ4n) is 2.49. The number of rotatable bonds is 7. The van der Waals surface area contributed by atoms with Gasteiger partial charge in [0.05, 0.1) is 24.9 Å². The minimum absolute atomic E-state index is 0.188. The molecular formula is C15H27NO7. The van der Waals surface area contributed by atoms with Crippen LogP contribution in [0.1, 0.15) is 26.7 Å². The van der Waals surface area contributed by atoms with Crippen LogP contribution in [0, 0.1) is 0 Å². The fourth-order valence-corrected chi connectivity index (χ4v) is 2.49. The van der Waals surface area contributed by atoms with Crippen molar-refractivity contribution in [2.75, 3.05) is 6.61 Å². The van der Waals surface area contributed by atoms with Gasteiger partial charge in [-0.05, 0) is 12.8 Å². The van der Waals surface area contributed by atoms with Crippen LogP contribution in [0.3, 0.4) is 0 Å². The fraction of sp³-hybridized carbons (Fsp3) is 0.800. The van der Waals surface area contributed by atoms with Gasteiger partial charge < -0.3 is 35.6 Å². The summed E-state index contributed by atoms with van der Waals surface area (Å²) in [6.45, 7) is 2.65. The van der Waals surface area contributed by atoms with Crippen molar-refractivity contribution in [2.45, 2.75) is 69.4 Å². The number of nitrogens with one attached hydrogen (secondary N) is 1. The molecule has 7 atom stereocenters. The molecule has 8 nitrogen and oxygen atoms in total. The Morgan fingerprint density at radius 3 is 2.35 bits per heavy atom. The first-order valence-corrected chi connectivity index (χ1v) is 7.74. The molecule has 1 aliphatic heterocycles. The first kappa shape index (κ1) is 20.0. The van der Waals surface area contributed by atoms with Crippen LogP contribution in [-0.4, -0.2) is 80.7 Å². The number of aliphatic hydroxyl groups excluding tert-OH is 5. The highest BCUT2D eigenvalue weighted by Crippen LogP contribution is 2.23. The molecule has 0 aromatic rings. The standard InChI is InChI=1S/C15H27NO7/c1-3-10(19)9(16-8(2)18)5-4-6-11-13(20)15(22)14(21)12(7-17)23-11/h4-5,9-15,17,19-22H,3,6-7H2,1-2H3,(H,16,18)/b5-4+/t9-,10+,11+,12?,13?,14-,15+/m0/s1. The molecule has 1 heterocycles. The van der Waals surface area contributed by atoms with Crippen LogP contribution in [-0.2, 0) is 9.53 Å². The quantitative estimate of drug-likeness (QED) is 0.298. The Hall–Kier alpha value is -1.03. The summed E-state index contributed by atoms with van der Waals surface area (Å²) >= 11 is 0. The van der Waals surface area contributed by atoms with Gasteiger partial charge >= 0.3 is 0 Å². The smallest absolute Gasteiger partial charge is 0.217 e. The first-order chi connectivity index (χ1) is 10.8. The number of hydrogen-bond donors (Lipinski definition) is 6. The van der Waals surface area contributed by atoms with Crippen molar-refractivity contribution in [2.24, 2.45) is 0 Å². The lowest BCUT2D eigenvalue weighted by molar-refractivity contribution is -0.228. The summed E-state index contributed by atoms with van der Waals surface area (Å²) in [7, 11) is 0. The number of ether oxygens (including phenoxy) is 1. The summed E-state index contributed by atoms with van der Waals surface area (Å²) in [6, 6.07) is -0.567. The van der Waals surface area contributed by atoms with Crippen molar-refractivity contribution >= 4 is 5.91 Å². The van der Waals surface area contributed by atoms with Crippen molar-refractivity contribution in [3.8, 4) is 0 Å². The number of carbonyl (C=O) groups is 1. The molecule has 8 heteroatoms. The maximum Gasteiger partial charge on any atom is 0.217 e. The van der Waals surface area contributed by atoms with Gasteiger partial charge in [-0.15, -0.1) is 0 Å². The minimum atomic E-state index is -1.41. The highest BCUT2D eigenvalue weighted by Gasteiger charge is 2.42. The Labute approximate surface area is 135 Å². The zero-order valence-electron chi connectivity index (χ0n) is 13.4. The van der Waals surface area contributed by atoms with Crippen LogP contribution < -0.4 is 5.32 Å². The monoisotopic (exact) mass is 333 g/mol. The minimum Gasteiger partial charge on any atom is -0.394 e. The van der Waals surface area contributed by atoms with E-state index in [1.165, 1.54) is 6.92 Å². The molecular weight excluding hydrogens is 306 g/mol. The predicted molar refractivity (Wildman–Crippen MR) is 81.4 cm³/mol. The summed E-state index contributed by atoms with van der Waals surface area (Å²) < 4.78 is 5.37. The zero-order chi connectivity index (χ0) is 17.6. The average Bonchev–Trinajstić information content (AvgIpc) is 2.52. The van der Waals surface area contributed by atoms with E-state index in [9.17, 15) is 25.2 Å². The average molecular weight is 333 g/mol. The van der Waals surface area contributed by atoms with Gasteiger partial charge in [-0.25, -0.2) is 0 Å². The second kappa shape index (κ2) is 9.31. The molecule has 1 rings (SSSR count). The van der Waals surface area contributed by atoms with Gasteiger partial charge in [-0.2, -0.15) is 0 Å². The summed E-state index contributed by atoms with van der Waals surface area (Å²) in [6.07, 6.45) is -2.74. The predicted octanol–water partition coefficient (Wildman–Crippen LogP) is -1.95. The van der Waals surface area contributed by atoms with Crippen LogP contribution in [0.5, 0.6) is 0 Å². The SMILES string of the molecule is CC[C@@H](O)[C@H](/C=C/C[C@H]1OC(CO)[C@H](O)[C@H](O)C1O)NC(C)=O. The van der Waals surface area contributed by atoms with Gasteiger partial charge in [0.1, 0.15) is 24.4 Å². The van der Waals surface area contributed by atoms with E-state index in [-0.39, 0.29) is 12.3 Å². The third kappa shape index (κ3) is 5.52. The lowest BCUT2D eigenvalue weighted by Crippen LogP contribution is -2.58. The van der Waals surface area contributed by atoms with Gasteiger partial charge in [-0.3, -0.25) is 4.79 Å². The Bertz CT molecular complexity index is 401. The number of aliphatic hydroxyl groups is 5. The molecule has 0 radical (unpaired) electrons. The molecule has 0 aromatic heterocycles. The van der Waals surface area contributed by atoms with E-state index in [2.05, 4.69) is 5.32 Å². The van der Waals surface area contributed by atoms with Gasteiger partial charge in [0.25, 0.3) is 0 Å². The molecule has 1 saturated heterocycles. The Morgan fingerprint density at radius 2 is 1.83 bits per heavy atom. The maximum absolute atomic E-state index is 11.1. The van der Waals surface area contributed by atoms with Crippen molar-refractivity contribution in [1.29, 1.82) is 0 Å². The molecule has 1 fully saturated rings. The van der Waals surface area contributed by atoms with E-state index >= 15 is 0 Å². The molecule has 23 heavy (non-hydrogen) atoms. The molecule has 0 spiro atoms. The lowest BCUT2D eigenvalue weighted by Gasteiger charge is -2.39. The summed E-state index contributed by atoms with van der Waals surface area (Å²) in [5.41, 5.74) is 0. The second-order valence-corrected chi connectivity index (χ2v) is 5.73. The molecule has 0 saturated carbocycles. The Kier molecular flexibility index (Phi) is 8.10. The third-order valence-electron chi connectivity index (χ3n) is 3.91. The van der Waals surface area contributed by atoms with E-state index in [1.54, 1.807) is 19.1 Å². The van der Waals surface area contributed by atoms with Crippen LogP contribution in [0.25, 0.3) is 0 Å². The molecule has 2 unspecified atom stereocenters. The molecule has 0 aliphatic carbocycles. The molecule has 1 amide bonds. The van der Waals surface area contributed by atoms with E-state index in [0.717, 1.165) is 0 Å². The first-order valence-electron chi connectivity index (χ1n) is 7.74. The molecule has 0 aromatic carbocycles. The van der Waals surface area contributed by atoms with Crippen molar-refractivity contribution in [3.63, 3.8) is 0 Å². The van der Waals surface area contributed by atoms with E-state index in [4.69, 9.17) is 9.84 Å². The largest absolute Gasteiger partial charge is 0.394 e. The van der Waals surface area contributed by atoms with Crippen LogP contribution in [0.2, 0.25) is 0 Å². The van der Waals surface area contributed by atoms with Gasteiger partial charge in [0, 0.05) is 6.92 Å². The highest BCUT2D eigenvalue weighted by molar-refractivity contribution is 5.73. The van der Waals surface area contributed by atoms with Crippen LogP contribution in [0.15, 0.2) is 12.2 Å². The van der Waals surface area contributed by atoms with Gasteiger partial charge in [0.15, 0.2) is 0 Å². The second-order valence-electron chi connectivity index (χ2n) is 5.73. The van der Waals surface area contributed by atoms with Crippen molar-refractivity contribution < 1.29 is 35.1 Å². The number of carbonyl (C=O) groups excluding carboxylic acids is 1. The molecule has 1 aliphatic rings. The Balaban J connectivity index is 2.67. The topological polar surface area (TPSA) is 139 Å². The van der Waals surface area contributed by atoms with Crippen LogP contribution >= 0.6 is 0 Å². The lowest BCUT2D eigenvalue weighted by atomic mass is 9.93. The van der Waals surface area contributed by atoms with Gasteiger partial charge in [-0.1, -0.05) is 19.1 Å². The van der Waals surface area contributed by atoms with Crippen molar-refractivity contribution in [3.05, 3.63) is 12.2 Å². The van der Waals surface area contributed by atoms with Crippen LogP contribution in [0.4, 0.5) is 0 Å². The maximum atomic E-state index is 11.1. The third-order valence-corrected chi connectivity index (χ3v) is 3.91. The summed E-state index contributed by atoms with van der Waals surface area (Å²) in [4.78, 5) is 11.1. The molecule has 134 valence electrons. The normalized spacial score (nSPS) is 34.3. The van der Waals surface area contributed by atoms with E-state index in [1.807, 2.05) is 0 Å². The highest BCUT2D eigenvalue weighted by atomic mass is 16.5. The Morgan fingerprint density at radius 1 is 1.22 bits per heavy atom. The van der Waals surface area contributed by atoms with Crippen molar-refractivity contribution in [1.82, 2.24) is 5.32 Å². The summed E-state index contributed by atoms with van der Waals surface area (Å²) in [5, 5.41) is 50.9. The number of hydrogen-bond acceptors (Lipinski definition) is 7. The van der Waals surface area contributed by atoms with Gasteiger partial charge in [0.2, 0.25) is 5.91 Å². The summed E-state index contributed by atoms with van der Waals surface area (Å²) in [5.74, 6) is -0.278. The van der Waals surface area contributed by atoms with E-state index in [0.29, 0.717) is 6.42 Å². The number of amides is 1. The molecule has 0 bridgehead atoms. The zero-order valence-corrected chi connectivity index (χ0v) is 13.4. The van der Waals surface area contributed by atoms with E-state index < -0.39 is 49.3 Å².